The molecule has 0 radical (unpaired) electrons. The molecule has 0 amide bonds. The zero-order valence-corrected chi connectivity index (χ0v) is 11.5. The molecule has 0 spiro atoms. The molecule has 0 aliphatic carbocycles. The zero-order chi connectivity index (χ0) is 14.3. The summed E-state index contributed by atoms with van der Waals surface area (Å²) in [4.78, 5) is 19.3. The number of hydrogen-bond donors (Lipinski definition) is 1. The molecule has 1 N–H and O–H groups in total. The number of hydrogen-bond acceptors (Lipinski definition) is 2. The third kappa shape index (κ3) is 2.07. The van der Waals surface area contributed by atoms with Crippen LogP contribution in [0.3, 0.4) is 0 Å². The Labute approximate surface area is 123 Å². The molecular formula is C14H7Cl2FN2O. The maximum atomic E-state index is 12.9. The van der Waals surface area contributed by atoms with Crippen molar-refractivity contribution >= 4 is 34.1 Å². The topological polar surface area (TPSA) is 45.8 Å². The number of nitrogens with zero attached hydrogens (tertiary/aromatic N) is 1. The molecule has 0 unspecified atom stereocenters. The van der Waals surface area contributed by atoms with E-state index in [0.29, 0.717) is 21.7 Å². The Bertz CT molecular complexity index is 859. The molecular weight excluding hydrogens is 302 g/mol. The van der Waals surface area contributed by atoms with Crippen molar-refractivity contribution in [3.8, 4) is 11.1 Å². The predicted molar refractivity (Wildman–Crippen MR) is 77.8 cm³/mol. The van der Waals surface area contributed by atoms with Gasteiger partial charge in [0.2, 0.25) is 0 Å². The number of rotatable bonds is 1. The maximum absolute atomic E-state index is 12.9. The van der Waals surface area contributed by atoms with E-state index >= 15 is 0 Å². The van der Waals surface area contributed by atoms with Crippen LogP contribution in [0.1, 0.15) is 0 Å². The first kappa shape index (κ1) is 13.1. The van der Waals surface area contributed by atoms with E-state index in [9.17, 15) is 9.18 Å². The number of pyridine rings is 2. The minimum absolute atomic E-state index is 0.0783. The maximum Gasteiger partial charge on any atom is 0.200 e. The number of aromatic nitrogens is 2. The molecule has 100 valence electrons. The Hall–Kier alpha value is -1.91. The first-order chi connectivity index (χ1) is 9.58. The molecule has 2 heterocycles. The van der Waals surface area contributed by atoms with Gasteiger partial charge >= 0.3 is 0 Å². The van der Waals surface area contributed by atoms with Crippen LogP contribution in [0.2, 0.25) is 10.2 Å². The van der Waals surface area contributed by atoms with E-state index in [4.69, 9.17) is 23.2 Å². The van der Waals surface area contributed by atoms with Gasteiger partial charge in [-0.3, -0.25) is 4.79 Å². The third-order valence-electron chi connectivity index (χ3n) is 2.97. The van der Waals surface area contributed by atoms with Crippen LogP contribution in [-0.2, 0) is 0 Å². The Morgan fingerprint density at radius 3 is 2.55 bits per heavy atom. The van der Waals surface area contributed by atoms with Gasteiger partial charge in [0.05, 0.1) is 15.9 Å². The van der Waals surface area contributed by atoms with Crippen molar-refractivity contribution in [2.24, 2.45) is 0 Å². The summed E-state index contributed by atoms with van der Waals surface area (Å²) in [5, 5.41) is 0.614. The second kappa shape index (κ2) is 4.89. The van der Waals surface area contributed by atoms with E-state index in [1.54, 1.807) is 0 Å². The minimum atomic E-state index is -0.367. The molecule has 0 saturated carbocycles. The molecule has 0 saturated heterocycles. The van der Waals surface area contributed by atoms with E-state index < -0.39 is 0 Å². The van der Waals surface area contributed by atoms with E-state index in [2.05, 4.69) is 9.97 Å². The van der Waals surface area contributed by atoms with E-state index in [-0.39, 0.29) is 21.8 Å². The first-order valence-corrected chi connectivity index (χ1v) is 6.45. The van der Waals surface area contributed by atoms with Crippen molar-refractivity contribution in [2.45, 2.75) is 0 Å². The van der Waals surface area contributed by atoms with Gasteiger partial charge in [-0.1, -0.05) is 35.3 Å². The van der Waals surface area contributed by atoms with Crippen molar-refractivity contribution < 1.29 is 4.39 Å². The van der Waals surface area contributed by atoms with Crippen molar-refractivity contribution in [1.82, 2.24) is 9.97 Å². The van der Waals surface area contributed by atoms with Crippen molar-refractivity contribution in [3.05, 3.63) is 62.9 Å². The van der Waals surface area contributed by atoms with Crippen molar-refractivity contribution in [1.29, 1.82) is 0 Å². The van der Waals surface area contributed by atoms with Gasteiger partial charge in [-0.2, -0.15) is 0 Å². The Morgan fingerprint density at radius 2 is 1.85 bits per heavy atom. The average molecular weight is 309 g/mol. The summed E-state index contributed by atoms with van der Waals surface area (Å²) in [5.41, 5.74) is 1.10. The smallest absolute Gasteiger partial charge is 0.200 e. The fraction of sp³-hybridized carbons (Fsp3) is 0. The quantitative estimate of drug-likeness (QED) is 0.690. The summed E-state index contributed by atoms with van der Waals surface area (Å²) in [7, 11) is 0. The summed E-state index contributed by atoms with van der Waals surface area (Å²) < 4.78 is 12.9. The van der Waals surface area contributed by atoms with Crippen LogP contribution in [0.5, 0.6) is 0 Å². The number of aromatic amines is 1. The predicted octanol–water partition coefficient (Wildman–Crippen LogP) is 4.04. The molecule has 20 heavy (non-hydrogen) atoms. The molecule has 0 aliphatic heterocycles. The monoisotopic (exact) mass is 308 g/mol. The molecule has 0 fully saturated rings. The number of halogens is 3. The van der Waals surface area contributed by atoms with Crippen LogP contribution < -0.4 is 5.43 Å². The molecule has 6 heteroatoms. The lowest BCUT2D eigenvalue weighted by molar-refractivity contribution is 0.628. The average Bonchev–Trinajstić information content (AvgIpc) is 2.44. The number of H-pyrrole nitrogens is 1. The van der Waals surface area contributed by atoms with E-state index in [0.717, 1.165) is 0 Å². The number of nitrogens with one attached hydrogen (secondary N) is 1. The molecule has 0 aliphatic rings. The summed E-state index contributed by atoms with van der Waals surface area (Å²) in [6.45, 7) is 0. The molecule has 1 aromatic carbocycles. The highest BCUT2D eigenvalue weighted by atomic mass is 35.5. The van der Waals surface area contributed by atoms with Crippen molar-refractivity contribution in [3.63, 3.8) is 0 Å². The lowest BCUT2D eigenvalue weighted by Crippen LogP contribution is -2.08. The van der Waals surface area contributed by atoms with Crippen LogP contribution in [-0.4, -0.2) is 9.97 Å². The molecule has 3 nitrogen and oxygen atoms in total. The second-order valence-corrected chi connectivity index (χ2v) is 4.95. The van der Waals surface area contributed by atoms with Crippen LogP contribution in [0.15, 0.2) is 41.5 Å². The largest absolute Gasteiger partial charge is 0.359 e. The van der Waals surface area contributed by atoms with Gasteiger partial charge in [0.15, 0.2) is 5.43 Å². The fourth-order valence-corrected chi connectivity index (χ4v) is 2.43. The molecule has 2 aromatic heterocycles. The third-order valence-corrected chi connectivity index (χ3v) is 3.55. The number of fused-ring (bicyclic) bond motifs is 1. The Balaban J connectivity index is 2.34. The van der Waals surface area contributed by atoms with Gasteiger partial charge < -0.3 is 4.98 Å². The first-order valence-electron chi connectivity index (χ1n) is 5.69. The van der Waals surface area contributed by atoms with Gasteiger partial charge in [-0.15, -0.1) is 0 Å². The Morgan fingerprint density at radius 1 is 1.15 bits per heavy atom. The Kier molecular flexibility index (Phi) is 3.20. The summed E-state index contributed by atoms with van der Waals surface area (Å²) in [5.74, 6) is -0.367. The van der Waals surface area contributed by atoms with Gasteiger partial charge in [0.1, 0.15) is 11.0 Å². The van der Waals surface area contributed by atoms with E-state index in [1.807, 2.05) is 0 Å². The molecule has 0 bridgehead atoms. The molecule has 3 rings (SSSR count). The highest BCUT2D eigenvalue weighted by molar-refractivity contribution is 6.38. The van der Waals surface area contributed by atoms with Crippen molar-refractivity contribution in [2.75, 3.05) is 0 Å². The van der Waals surface area contributed by atoms with Gasteiger partial charge in [-0.25, -0.2) is 9.37 Å². The fourth-order valence-electron chi connectivity index (χ4n) is 2.00. The summed E-state index contributed by atoms with van der Waals surface area (Å²) in [6, 6.07) is 5.63. The number of benzene rings is 1. The van der Waals surface area contributed by atoms with Gasteiger partial charge in [0, 0.05) is 18.0 Å². The second-order valence-electron chi connectivity index (χ2n) is 4.19. The zero-order valence-electron chi connectivity index (χ0n) is 9.95. The molecule has 3 aromatic rings. The van der Waals surface area contributed by atoms with Gasteiger partial charge in [-0.05, 0) is 17.7 Å². The van der Waals surface area contributed by atoms with Crippen LogP contribution in [0.25, 0.3) is 22.0 Å². The summed E-state index contributed by atoms with van der Waals surface area (Å²) >= 11 is 11.9. The van der Waals surface area contributed by atoms with Gasteiger partial charge in [0.25, 0.3) is 0 Å². The molecule has 0 atom stereocenters. The normalized spacial score (nSPS) is 10.9. The SMILES string of the molecule is O=c1c(-c2ccc(F)cc2)c[nH]c2c(Cl)cnc(Cl)c12. The van der Waals surface area contributed by atoms with Crippen LogP contribution in [0, 0.1) is 5.82 Å². The highest BCUT2D eigenvalue weighted by Crippen LogP contribution is 2.26. The summed E-state index contributed by atoms with van der Waals surface area (Å²) in [6.07, 6.45) is 2.90. The van der Waals surface area contributed by atoms with Crippen LogP contribution in [0.4, 0.5) is 4.39 Å². The van der Waals surface area contributed by atoms with E-state index in [1.165, 1.54) is 36.7 Å². The van der Waals surface area contributed by atoms with Crippen LogP contribution >= 0.6 is 23.2 Å². The lowest BCUT2D eigenvalue weighted by atomic mass is 10.1. The minimum Gasteiger partial charge on any atom is -0.359 e. The highest BCUT2D eigenvalue weighted by Gasteiger charge is 2.13. The standard InChI is InChI=1S/C14H7Cl2FN2O/c15-10-6-19-14(16)11-12(10)18-5-9(13(11)20)7-1-3-8(17)4-2-7/h1-6H,(H,18,20). The lowest BCUT2D eigenvalue weighted by Gasteiger charge is -2.06.